The van der Waals surface area contributed by atoms with Crippen molar-refractivity contribution in [2.75, 3.05) is 20.8 Å². The van der Waals surface area contributed by atoms with Crippen LogP contribution in [0.25, 0.3) is 10.7 Å². The van der Waals surface area contributed by atoms with E-state index in [1.54, 1.807) is 20.4 Å². The van der Waals surface area contributed by atoms with Crippen molar-refractivity contribution >= 4 is 17.2 Å². The van der Waals surface area contributed by atoms with Gasteiger partial charge in [0.2, 0.25) is 5.91 Å². The van der Waals surface area contributed by atoms with Gasteiger partial charge in [-0.3, -0.25) is 9.78 Å². The summed E-state index contributed by atoms with van der Waals surface area (Å²) in [7, 11) is 3.28. The lowest BCUT2D eigenvalue weighted by atomic mass is 9.87. The molecule has 34 heavy (non-hydrogen) atoms. The predicted octanol–water partition coefficient (Wildman–Crippen LogP) is 4.94. The second kappa shape index (κ2) is 9.65. The zero-order chi connectivity index (χ0) is 23.5. The van der Waals surface area contributed by atoms with Crippen LogP contribution in [-0.4, -0.2) is 41.5 Å². The fraction of sp³-hybridized carbons (Fsp3) is 0.222. The number of hydrogen-bond donors (Lipinski definition) is 0. The van der Waals surface area contributed by atoms with E-state index < -0.39 is 0 Å². The molecule has 0 N–H and O–H groups in total. The Labute approximate surface area is 202 Å². The van der Waals surface area contributed by atoms with Crippen LogP contribution in [0.3, 0.4) is 0 Å². The Morgan fingerprint density at radius 1 is 1.06 bits per heavy atom. The average Bonchev–Trinajstić information content (AvgIpc) is 3.36. The Morgan fingerprint density at radius 3 is 2.56 bits per heavy atom. The second-order valence-corrected chi connectivity index (χ2v) is 8.95. The van der Waals surface area contributed by atoms with Gasteiger partial charge >= 0.3 is 0 Å². The lowest BCUT2D eigenvalue weighted by molar-refractivity contribution is -0.132. The first-order valence-corrected chi connectivity index (χ1v) is 12.0. The van der Waals surface area contributed by atoms with Crippen LogP contribution in [0.2, 0.25) is 0 Å². The largest absolute Gasteiger partial charge is 0.493 e. The van der Waals surface area contributed by atoms with Gasteiger partial charge in [-0.2, -0.15) is 0 Å². The number of methoxy groups -OCH3 is 2. The molecular weight excluding hydrogens is 446 g/mol. The SMILES string of the molecule is COc1cc2c(cc1OC)C(c1ccccc1)N(C(=O)Cc1csc(-c3ccccn3)n1)CC2. The summed E-state index contributed by atoms with van der Waals surface area (Å²) < 4.78 is 11.1. The molecule has 1 amide bonds. The van der Waals surface area contributed by atoms with E-state index in [1.807, 2.05) is 58.8 Å². The molecule has 2 aromatic heterocycles. The minimum absolute atomic E-state index is 0.0483. The Bertz CT molecular complexity index is 1290. The molecule has 0 spiro atoms. The summed E-state index contributed by atoms with van der Waals surface area (Å²) in [6.45, 7) is 0.623. The number of amides is 1. The predicted molar refractivity (Wildman–Crippen MR) is 132 cm³/mol. The van der Waals surface area contributed by atoms with Gasteiger partial charge in [-0.15, -0.1) is 11.3 Å². The molecule has 0 bridgehead atoms. The number of ether oxygens (including phenoxy) is 2. The van der Waals surface area contributed by atoms with E-state index in [1.165, 1.54) is 16.9 Å². The van der Waals surface area contributed by atoms with E-state index in [9.17, 15) is 4.79 Å². The van der Waals surface area contributed by atoms with Gasteiger partial charge in [-0.1, -0.05) is 36.4 Å². The maximum atomic E-state index is 13.6. The van der Waals surface area contributed by atoms with Crippen molar-refractivity contribution in [3.05, 3.63) is 94.6 Å². The number of aromatic nitrogens is 2. The zero-order valence-corrected chi connectivity index (χ0v) is 19.9. The van der Waals surface area contributed by atoms with Crippen molar-refractivity contribution in [1.82, 2.24) is 14.9 Å². The highest BCUT2D eigenvalue weighted by Gasteiger charge is 2.33. The van der Waals surface area contributed by atoms with Gasteiger partial charge in [0.1, 0.15) is 5.01 Å². The number of pyridine rings is 1. The van der Waals surface area contributed by atoms with Crippen molar-refractivity contribution in [2.45, 2.75) is 18.9 Å². The number of rotatable bonds is 6. The third-order valence-electron chi connectivity index (χ3n) is 6.08. The highest BCUT2D eigenvalue weighted by Crippen LogP contribution is 2.41. The van der Waals surface area contributed by atoms with Crippen molar-refractivity contribution in [3.8, 4) is 22.2 Å². The number of nitrogens with zero attached hydrogens (tertiary/aromatic N) is 3. The summed E-state index contributed by atoms with van der Waals surface area (Å²) in [5.41, 5.74) is 4.89. The lowest BCUT2D eigenvalue weighted by Gasteiger charge is -2.38. The van der Waals surface area contributed by atoms with E-state index in [2.05, 4.69) is 22.1 Å². The monoisotopic (exact) mass is 471 g/mol. The van der Waals surface area contributed by atoms with Crippen LogP contribution in [-0.2, 0) is 17.6 Å². The molecular formula is C27H25N3O3S. The molecule has 6 nitrogen and oxygen atoms in total. The first kappa shape index (κ1) is 22.1. The number of carbonyl (C=O) groups excluding carboxylic acids is 1. The first-order chi connectivity index (χ1) is 16.7. The van der Waals surface area contributed by atoms with Gasteiger partial charge in [0.25, 0.3) is 0 Å². The quantitative estimate of drug-likeness (QED) is 0.399. The summed E-state index contributed by atoms with van der Waals surface area (Å²) >= 11 is 1.51. The van der Waals surface area contributed by atoms with Crippen LogP contribution >= 0.6 is 11.3 Å². The molecule has 172 valence electrons. The molecule has 5 rings (SSSR count). The summed E-state index contributed by atoms with van der Waals surface area (Å²) in [5.74, 6) is 1.42. The van der Waals surface area contributed by atoms with Crippen LogP contribution in [0.15, 0.2) is 72.2 Å². The Kier molecular flexibility index (Phi) is 6.27. The molecule has 0 aliphatic carbocycles. The Balaban J connectivity index is 1.47. The first-order valence-electron chi connectivity index (χ1n) is 11.1. The van der Waals surface area contributed by atoms with Gasteiger partial charge in [-0.25, -0.2) is 4.98 Å². The van der Waals surface area contributed by atoms with Crippen LogP contribution in [0.5, 0.6) is 11.5 Å². The van der Waals surface area contributed by atoms with Gasteiger partial charge in [0.15, 0.2) is 11.5 Å². The van der Waals surface area contributed by atoms with E-state index in [-0.39, 0.29) is 18.4 Å². The molecule has 3 heterocycles. The Morgan fingerprint density at radius 2 is 1.82 bits per heavy atom. The molecule has 2 aromatic carbocycles. The highest BCUT2D eigenvalue weighted by molar-refractivity contribution is 7.13. The van der Waals surface area contributed by atoms with Gasteiger partial charge in [0.05, 0.1) is 38.1 Å². The maximum absolute atomic E-state index is 13.6. The molecule has 0 saturated carbocycles. The number of benzene rings is 2. The topological polar surface area (TPSA) is 64.6 Å². The number of hydrogen-bond acceptors (Lipinski definition) is 6. The molecule has 0 saturated heterocycles. The van der Waals surface area contributed by atoms with Crippen molar-refractivity contribution in [3.63, 3.8) is 0 Å². The molecule has 0 radical (unpaired) electrons. The maximum Gasteiger partial charge on any atom is 0.229 e. The van der Waals surface area contributed by atoms with Crippen LogP contribution in [0, 0.1) is 0 Å². The average molecular weight is 472 g/mol. The molecule has 7 heteroatoms. The second-order valence-electron chi connectivity index (χ2n) is 8.09. The molecule has 1 aliphatic rings. The number of carbonyl (C=O) groups is 1. The Hall–Kier alpha value is -3.71. The van der Waals surface area contributed by atoms with E-state index in [0.717, 1.165) is 33.9 Å². The molecule has 1 aliphatic heterocycles. The van der Waals surface area contributed by atoms with Gasteiger partial charge in [0, 0.05) is 18.1 Å². The lowest BCUT2D eigenvalue weighted by Crippen LogP contribution is -2.41. The van der Waals surface area contributed by atoms with Crippen LogP contribution < -0.4 is 9.47 Å². The normalized spacial score (nSPS) is 15.0. The van der Waals surface area contributed by atoms with Crippen LogP contribution in [0.1, 0.15) is 28.4 Å². The van der Waals surface area contributed by atoms with E-state index >= 15 is 0 Å². The zero-order valence-electron chi connectivity index (χ0n) is 19.1. The standard InChI is InChI=1S/C27H25N3O3S/c1-32-23-14-19-11-13-30(26(18-8-4-3-5-9-18)21(19)16-24(23)33-2)25(31)15-20-17-34-27(29-20)22-10-6-7-12-28-22/h3-10,12,14,16-17,26H,11,13,15H2,1-2H3. The van der Waals surface area contributed by atoms with Crippen LogP contribution in [0.4, 0.5) is 0 Å². The summed E-state index contributed by atoms with van der Waals surface area (Å²) in [4.78, 5) is 24.6. The number of thiazole rings is 1. The summed E-state index contributed by atoms with van der Waals surface area (Å²) in [6, 6.07) is 19.7. The molecule has 4 aromatic rings. The fourth-order valence-electron chi connectivity index (χ4n) is 4.46. The van der Waals surface area contributed by atoms with Crippen molar-refractivity contribution in [1.29, 1.82) is 0 Å². The summed E-state index contributed by atoms with van der Waals surface area (Å²) in [6.07, 6.45) is 2.75. The molecule has 0 fully saturated rings. The minimum atomic E-state index is -0.203. The van der Waals surface area contributed by atoms with Gasteiger partial charge < -0.3 is 14.4 Å². The van der Waals surface area contributed by atoms with Crippen molar-refractivity contribution < 1.29 is 14.3 Å². The van der Waals surface area contributed by atoms with Gasteiger partial charge in [-0.05, 0) is 47.4 Å². The smallest absolute Gasteiger partial charge is 0.229 e. The van der Waals surface area contributed by atoms with E-state index in [4.69, 9.17) is 9.47 Å². The third-order valence-corrected chi connectivity index (χ3v) is 6.99. The third kappa shape index (κ3) is 4.26. The highest BCUT2D eigenvalue weighted by atomic mass is 32.1. The fourth-order valence-corrected chi connectivity index (χ4v) is 5.26. The number of fused-ring (bicyclic) bond motifs is 1. The minimum Gasteiger partial charge on any atom is -0.493 e. The van der Waals surface area contributed by atoms with Crippen molar-refractivity contribution in [2.24, 2.45) is 0 Å². The molecule has 1 atom stereocenters. The molecule has 1 unspecified atom stereocenters. The summed E-state index contributed by atoms with van der Waals surface area (Å²) in [5, 5.41) is 2.77. The van der Waals surface area contributed by atoms with E-state index in [0.29, 0.717) is 18.0 Å².